The summed E-state index contributed by atoms with van der Waals surface area (Å²) < 4.78 is 0. The van der Waals surface area contributed by atoms with E-state index in [1.807, 2.05) is 0 Å². The molecule has 0 unspecified atom stereocenters. The summed E-state index contributed by atoms with van der Waals surface area (Å²) in [6.07, 6.45) is 0. The van der Waals surface area contributed by atoms with Crippen LogP contribution in [0.4, 0.5) is 0 Å². The molecule has 0 spiro atoms. The molecule has 0 nitrogen and oxygen atoms in total. The molecule has 0 atom stereocenters. The van der Waals surface area contributed by atoms with E-state index < -0.39 is 0 Å². The first-order chi connectivity index (χ1) is 1.00. The molecule has 0 aliphatic carbocycles. The molecule has 0 aromatic heterocycles. The van der Waals surface area contributed by atoms with Crippen molar-refractivity contribution in [3.63, 3.8) is 0 Å². The molecule has 1 radical (unpaired) electrons. The molecule has 5 heavy (non-hydrogen) atoms. The summed E-state index contributed by atoms with van der Waals surface area (Å²) in [7, 11) is 1.12. The van der Waals surface area contributed by atoms with Crippen LogP contribution >= 0.6 is 0 Å². The van der Waals surface area contributed by atoms with Gasteiger partial charge in [0.05, 0.1) is 0 Å². The third kappa shape index (κ3) is 20.8. The molecule has 5 heteroatoms. The van der Waals surface area contributed by atoms with Gasteiger partial charge in [0.2, 0.25) is 0 Å². The SMILES string of the molecule is [AlH3].[Cu].[MgH2].[SiH3][Mn]. The molecule has 0 saturated carbocycles. The van der Waals surface area contributed by atoms with Crippen molar-refractivity contribution in [2.24, 2.45) is 0 Å². The van der Waals surface area contributed by atoms with Crippen LogP contribution in [0.2, 0.25) is 0 Å². The molecular weight excluding hydrogens is 198 g/mol. The summed E-state index contributed by atoms with van der Waals surface area (Å²) in [4.78, 5) is 0. The summed E-state index contributed by atoms with van der Waals surface area (Å²) in [5.74, 6) is 0. The van der Waals surface area contributed by atoms with Crippen LogP contribution < -0.4 is 0 Å². The molecular formula is H8AlCuMgMnSi. The van der Waals surface area contributed by atoms with Crippen molar-refractivity contribution >= 4 is 49.3 Å². The minimum atomic E-state index is 0. The van der Waals surface area contributed by atoms with E-state index in [0.29, 0.717) is 0 Å². The van der Waals surface area contributed by atoms with Gasteiger partial charge in [-0.05, 0) is 0 Å². The summed E-state index contributed by atoms with van der Waals surface area (Å²) in [5.41, 5.74) is 0. The second kappa shape index (κ2) is 31.0. The second-order valence-electron chi connectivity index (χ2n) is 0. The Kier molecular flexibility index (Phi) is 159. The van der Waals surface area contributed by atoms with Gasteiger partial charge in [0, 0.05) is 17.1 Å². The van der Waals surface area contributed by atoms with Crippen LogP contribution in [0, 0.1) is 0 Å². The van der Waals surface area contributed by atoms with Crippen molar-refractivity contribution in [3.05, 3.63) is 0 Å². The average Bonchev–Trinajstić information content (AvgIpc) is 1.00. The molecule has 0 bridgehead atoms. The van der Waals surface area contributed by atoms with E-state index in [2.05, 4.69) is 15.4 Å². The minimum absolute atomic E-state index is 0. The van der Waals surface area contributed by atoms with E-state index in [0.717, 1.165) is 8.85 Å². The Bertz CT molecular complexity index is 11.6. The second-order valence-corrected chi connectivity index (χ2v) is 0. The average molecular weight is 206 g/mol. The Morgan fingerprint density at radius 3 is 1.20 bits per heavy atom. The van der Waals surface area contributed by atoms with Crippen molar-refractivity contribution in [1.29, 1.82) is 0 Å². The van der Waals surface area contributed by atoms with Crippen molar-refractivity contribution in [2.75, 3.05) is 0 Å². The molecule has 35 valence electrons. The first-order valence-electron chi connectivity index (χ1n) is 0.378. The third-order valence-corrected chi connectivity index (χ3v) is 0. The molecule has 0 aliphatic rings. The number of rotatable bonds is 0. The summed E-state index contributed by atoms with van der Waals surface area (Å²) in [6.45, 7) is 0. The quantitative estimate of drug-likeness (QED) is 0.364. The number of hydrogen-bond acceptors (Lipinski definition) is 0. The number of hydrogen-bond donors (Lipinski definition) is 0. The van der Waals surface area contributed by atoms with Crippen molar-refractivity contribution < 1.29 is 32.4 Å². The van der Waals surface area contributed by atoms with Gasteiger partial charge in [-0.2, -0.15) is 0 Å². The predicted molar refractivity (Wildman–Crippen MR) is 28.4 cm³/mol. The molecule has 0 aromatic carbocycles. The van der Waals surface area contributed by atoms with Gasteiger partial charge >= 0.3 is 47.3 Å². The first-order valence-corrected chi connectivity index (χ1v) is 4.68. The van der Waals surface area contributed by atoms with Gasteiger partial charge in [0.1, 0.15) is 0 Å². The predicted octanol–water partition coefficient (Wildman–Crippen LogP) is -3.29. The molecule has 0 amide bonds. The van der Waals surface area contributed by atoms with Crippen molar-refractivity contribution in [2.45, 2.75) is 0 Å². The summed E-state index contributed by atoms with van der Waals surface area (Å²) in [5, 5.41) is 0. The van der Waals surface area contributed by atoms with Crippen LogP contribution in [0.1, 0.15) is 0 Å². The Balaban J connectivity index is -0.00000000167. The van der Waals surface area contributed by atoms with E-state index in [1.54, 1.807) is 0 Å². The van der Waals surface area contributed by atoms with E-state index in [-0.39, 0.29) is 57.5 Å². The third-order valence-electron chi connectivity index (χ3n) is 0. The fourth-order valence-electron chi connectivity index (χ4n) is 0. The van der Waals surface area contributed by atoms with Crippen molar-refractivity contribution in [1.82, 2.24) is 0 Å². The summed E-state index contributed by atoms with van der Waals surface area (Å²) >= 11 is 3.08. The molecule has 0 fully saturated rings. The molecule has 0 aromatic rings. The molecule has 0 heterocycles. The van der Waals surface area contributed by atoms with Gasteiger partial charge in [0.15, 0.2) is 17.4 Å². The molecule has 0 rings (SSSR count). The standard InChI is InChI=1S/Al.Cu.Mg.Mn.H3Si.5H/h;;;;1H3;;;;;. The fourth-order valence-corrected chi connectivity index (χ4v) is 0. The van der Waals surface area contributed by atoms with Crippen molar-refractivity contribution in [3.8, 4) is 0 Å². The summed E-state index contributed by atoms with van der Waals surface area (Å²) in [6, 6.07) is 0. The van der Waals surface area contributed by atoms with Crippen LogP contribution in [0.15, 0.2) is 0 Å². The Hall–Kier alpha value is 2.55. The van der Waals surface area contributed by atoms with Crippen LogP contribution in [0.3, 0.4) is 0 Å². The Morgan fingerprint density at radius 1 is 1.20 bits per heavy atom. The Labute approximate surface area is 80.7 Å². The van der Waals surface area contributed by atoms with Gasteiger partial charge < -0.3 is 0 Å². The van der Waals surface area contributed by atoms with Gasteiger partial charge in [0.25, 0.3) is 0 Å². The fraction of sp³-hybridized carbons (Fsp3) is 0. The normalized spacial score (nSPS) is 1.80. The van der Waals surface area contributed by atoms with Gasteiger partial charge in [-0.15, -0.1) is 0 Å². The topological polar surface area (TPSA) is 0 Å². The maximum atomic E-state index is 3.08. The van der Waals surface area contributed by atoms with E-state index >= 15 is 0 Å². The van der Waals surface area contributed by atoms with Crippen LogP contribution in [-0.4, -0.2) is 49.3 Å². The zero-order valence-corrected chi connectivity index (χ0v) is 5.80. The first kappa shape index (κ1) is 25.7. The van der Waals surface area contributed by atoms with Gasteiger partial charge in [-0.1, -0.05) is 0 Å². The molecule has 0 aliphatic heterocycles. The van der Waals surface area contributed by atoms with Gasteiger partial charge in [-0.3, -0.25) is 0 Å². The Morgan fingerprint density at radius 2 is 1.20 bits per heavy atom. The van der Waals surface area contributed by atoms with Gasteiger partial charge in [-0.25, -0.2) is 0 Å². The monoisotopic (exact) mass is 205 g/mol. The molecule has 0 N–H and O–H groups in total. The van der Waals surface area contributed by atoms with E-state index in [9.17, 15) is 0 Å². The van der Waals surface area contributed by atoms with E-state index in [1.165, 1.54) is 0 Å². The molecule has 0 saturated heterocycles. The maximum absolute atomic E-state index is 3.08. The van der Waals surface area contributed by atoms with Crippen LogP contribution in [0.5, 0.6) is 0 Å². The zero-order valence-electron chi connectivity index (χ0n) is 1.68. The van der Waals surface area contributed by atoms with Crippen LogP contribution in [0.25, 0.3) is 0 Å². The van der Waals surface area contributed by atoms with Crippen LogP contribution in [-0.2, 0) is 32.4 Å². The zero-order chi connectivity index (χ0) is 2.00. The van der Waals surface area contributed by atoms with E-state index in [4.69, 9.17) is 0 Å².